The van der Waals surface area contributed by atoms with Gasteiger partial charge < -0.3 is 10.1 Å². The number of non-ortho nitro benzene ring substituents is 1. The van der Waals surface area contributed by atoms with Gasteiger partial charge in [-0.1, -0.05) is 18.2 Å². The van der Waals surface area contributed by atoms with E-state index in [9.17, 15) is 14.9 Å². The number of thiophene rings is 1. The predicted octanol–water partition coefficient (Wildman–Crippen LogP) is 4.53. The number of benzene rings is 2. The molecule has 0 aliphatic carbocycles. The highest BCUT2D eigenvalue weighted by Crippen LogP contribution is 2.26. The van der Waals surface area contributed by atoms with Crippen molar-refractivity contribution in [1.29, 1.82) is 0 Å². The molecule has 0 saturated carbocycles. The summed E-state index contributed by atoms with van der Waals surface area (Å²) in [5.74, 6) is 0.260. The van der Waals surface area contributed by atoms with E-state index in [1.807, 2.05) is 19.1 Å². The van der Waals surface area contributed by atoms with E-state index in [0.717, 1.165) is 0 Å². The van der Waals surface area contributed by atoms with E-state index in [1.54, 1.807) is 11.3 Å². The van der Waals surface area contributed by atoms with Gasteiger partial charge in [-0.3, -0.25) is 10.1 Å². The molecule has 1 heterocycles. The molecule has 7 heteroatoms. The number of carbonyl (C=O) groups excluding carboxylic acids is 1. The van der Waals surface area contributed by atoms with Crippen molar-refractivity contribution in [3.63, 3.8) is 0 Å². The molecule has 0 bridgehead atoms. The molecule has 3 rings (SSSR count). The van der Waals surface area contributed by atoms with Gasteiger partial charge in [0.05, 0.1) is 4.92 Å². The van der Waals surface area contributed by atoms with E-state index >= 15 is 0 Å². The Labute approximate surface area is 148 Å². The van der Waals surface area contributed by atoms with E-state index < -0.39 is 11.0 Å². The van der Waals surface area contributed by atoms with Crippen molar-refractivity contribution in [3.8, 4) is 5.75 Å². The molecule has 0 fully saturated rings. The number of rotatable bonds is 5. The Bertz CT molecular complexity index is 905. The third-order valence-corrected chi connectivity index (χ3v) is 4.72. The van der Waals surface area contributed by atoms with Gasteiger partial charge in [0, 0.05) is 22.9 Å². The minimum atomic E-state index is -0.583. The Morgan fingerprint density at radius 1 is 1.24 bits per heavy atom. The second-order valence-corrected chi connectivity index (χ2v) is 6.56. The first-order chi connectivity index (χ1) is 12.0. The van der Waals surface area contributed by atoms with Crippen LogP contribution in [0.25, 0.3) is 10.1 Å². The minimum absolute atomic E-state index is 0.0505. The van der Waals surface area contributed by atoms with Crippen molar-refractivity contribution in [1.82, 2.24) is 5.32 Å². The normalized spacial score (nSPS) is 11.9. The molecule has 1 unspecified atom stereocenters. The highest BCUT2D eigenvalue weighted by Gasteiger charge is 2.13. The number of hydrogen-bond donors (Lipinski definition) is 1. The van der Waals surface area contributed by atoms with Crippen LogP contribution in [0.1, 0.15) is 12.5 Å². The molecule has 0 aliphatic heterocycles. The molecule has 1 atom stereocenters. The molecule has 3 aromatic rings. The van der Waals surface area contributed by atoms with Gasteiger partial charge in [-0.25, -0.2) is 4.79 Å². The summed E-state index contributed by atoms with van der Waals surface area (Å²) < 4.78 is 6.38. The van der Waals surface area contributed by atoms with Gasteiger partial charge >= 0.3 is 6.09 Å². The number of nitro groups is 1. The third-order valence-electron chi connectivity index (χ3n) is 3.71. The van der Waals surface area contributed by atoms with Crippen LogP contribution in [-0.2, 0) is 6.42 Å². The molecule has 1 N–H and O–H groups in total. The zero-order valence-corrected chi connectivity index (χ0v) is 14.3. The van der Waals surface area contributed by atoms with Gasteiger partial charge in [-0.2, -0.15) is 0 Å². The lowest BCUT2D eigenvalue weighted by Crippen LogP contribution is -2.36. The molecule has 0 saturated heterocycles. The molecular weight excluding hydrogens is 340 g/mol. The highest BCUT2D eigenvalue weighted by molar-refractivity contribution is 7.17. The number of ether oxygens (including phenoxy) is 1. The van der Waals surface area contributed by atoms with Crippen LogP contribution in [0.15, 0.2) is 53.9 Å². The van der Waals surface area contributed by atoms with Gasteiger partial charge in [0.2, 0.25) is 0 Å². The standard InChI is InChI=1S/C18H16N2O4S/c1-12(10-13-11-25-17-5-3-2-4-16(13)17)19-18(21)24-15-8-6-14(7-9-15)20(22)23/h2-9,11-12H,10H2,1H3,(H,19,21). The van der Waals surface area contributed by atoms with Crippen LogP contribution in [0.5, 0.6) is 5.75 Å². The van der Waals surface area contributed by atoms with Crippen LogP contribution < -0.4 is 10.1 Å². The smallest absolute Gasteiger partial charge is 0.410 e. The number of fused-ring (bicyclic) bond motifs is 1. The number of nitrogens with zero attached hydrogens (tertiary/aromatic N) is 1. The summed E-state index contributed by atoms with van der Waals surface area (Å²) in [4.78, 5) is 22.1. The fourth-order valence-corrected chi connectivity index (χ4v) is 3.52. The van der Waals surface area contributed by atoms with E-state index in [4.69, 9.17) is 4.74 Å². The van der Waals surface area contributed by atoms with Crippen LogP contribution in [0.2, 0.25) is 0 Å². The summed E-state index contributed by atoms with van der Waals surface area (Å²) in [6.07, 6.45) is 0.111. The third kappa shape index (κ3) is 4.13. The molecule has 1 amide bonds. The Hall–Kier alpha value is -2.93. The maximum absolute atomic E-state index is 12.0. The second kappa shape index (κ2) is 7.31. The molecule has 6 nitrogen and oxygen atoms in total. The van der Waals surface area contributed by atoms with E-state index in [-0.39, 0.29) is 17.5 Å². The lowest BCUT2D eigenvalue weighted by molar-refractivity contribution is -0.384. The fraction of sp³-hybridized carbons (Fsp3) is 0.167. The van der Waals surface area contributed by atoms with Crippen LogP contribution in [0.3, 0.4) is 0 Å². The zero-order chi connectivity index (χ0) is 17.8. The van der Waals surface area contributed by atoms with Crippen molar-refractivity contribution in [2.45, 2.75) is 19.4 Å². The summed E-state index contributed by atoms with van der Waals surface area (Å²) in [6.45, 7) is 1.91. The molecule has 0 aliphatic rings. The first-order valence-corrected chi connectivity index (χ1v) is 8.59. The van der Waals surface area contributed by atoms with Gasteiger partial charge in [0.25, 0.3) is 5.69 Å². The van der Waals surface area contributed by atoms with Crippen LogP contribution in [-0.4, -0.2) is 17.1 Å². The Morgan fingerprint density at radius 3 is 2.68 bits per heavy atom. The molecule has 0 radical (unpaired) electrons. The van der Waals surface area contributed by atoms with E-state index in [1.165, 1.54) is 39.9 Å². The summed E-state index contributed by atoms with van der Waals surface area (Å²) in [5, 5.41) is 16.7. The van der Waals surface area contributed by atoms with Crippen LogP contribution in [0, 0.1) is 10.1 Å². The lowest BCUT2D eigenvalue weighted by Gasteiger charge is -2.13. The van der Waals surface area contributed by atoms with Crippen molar-refractivity contribution >= 4 is 33.2 Å². The van der Waals surface area contributed by atoms with E-state index in [0.29, 0.717) is 6.42 Å². The second-order valence-electron chi connectivity index (χ2n) is 5.65. The molecule has 25 heavy (non-hydrogen) atoms. The predicted molar refractivity (Wildman–Crippen MR) is 97.2 cm³/mol. The summed E-state index contributed by atoms with van der Waals surface area (Å²) >= 11 is 1.68. The Morgan fingerprint density at radius 2 is 1.96 bits per heavy atom. The van der Waals surface area contributed by atoms with Gasteiger partial charge in [-0.15, -0.1) is 11.3 Å². The van der Waals surface area contributed by atoms with Crippen LogP contribution >= 0.6 is 11.3 Å². The quantitative estimate of drug-likeness (QED) is 0.538. The monoisotopic (exact) mass is 356 g/mol. The SMILES string of the molecule is CC(Cc1csc2ccccc12)NC(=O)Oc1ccc([N+](=O)[O-])cc1. The number of carbonyl (C=O) groups is 1. The van der Waals surface area contributed by atoms with Crippen molar-refractivity contribution < 1.29 is 14.5 Å². The molecule has 1 aromatic heterocycles. The number of hydrogen-bond acceptors (Lipinski definition) is 5. The average Bonchev–Trinajstić information content (AvgIpc) is 2.98. The number of nitrogens with one attached hydrogen (secondary N) is 1. The summed E-state index contributed by atoms with van der Waals surface area (Å²) in [5.41, 5.74) is 1.13. The maximum atomic E-state index is 12.0. The largest absolute Gasteiger partial charge is 0.412 e. The van der Waals surface area contributed by atoms with Gasteiger partial charge in [0.15, 0.2) is 0 Å². The molecular formula is C18H16N2O4S. The van der Waals surface area contributed by atoms with Gasteiger partial charge in [0.1, 0.15) is 5.75 Å². The first-order valence-electron chi connectivity index (χ1n) is 7.71. The topological polar surface area (TPSA) is 81.5 Å². The number of amides is 1. The van der Waals surface area contributed by atoms with Gasteiger partial charge in [-0.05, 0) is 47.9 Å². The van der Waals surface area contributed by atoms with Crippen molar-refractivity contribution in [3.05, 3.63) is 69.6 Å². The summed E-state index contributed by atoms with van der Waals surface area (Å²) in [7, 11) is 0. The van der Waals surface area contributed by atoms with Crippen molar-refractivity contribution in [2.75, 3.05) is 0 Å². The van der Waals surface area contributed by atoms with Crippen molar-refractivity contribution in [2.24, 2.45) is 0 Å². The van der Waals surface area contributed by atoms with E-state index in [2.05, 4.69) is 22.8 Å². The molecule has 128 valence electrons. The minimum Gasteiger partial charge on any atom is -0.410 e. The lowest BCUT2D eigenvalue weighted by atomic mass is 10.1. The Kier molecular flexibility index (Phi) is 4.95. The highest BCUT2D eigenvalue weighted by atomic mass is 32.1. The fourth-order valence-electron chi connectivity index (χ4n) is 2.55. The summed E-state index contributed by atoms with van der Waals surface area (Å²) in [6, 6.07) is 13.4. The zero-order valence-electron chi connectivity index (χ0n) is 13.5. The molecule has 0 spiro atoms. The maximum Gasteiger partial charge on any atom is 0.412 e. The van der Waals surface area contributed by atoms with Crippen LogP contribution in [0.4, 0.5) is 10.5 Å². The average molecular weight is 356 g/mol. The Balaban J connectivity index is 1.58. The number of nitro benzene ring substituents is 1. The first kappa shape index (κ1) is 16.9. The molecule has 2 aromatic carbocycles.